The van der Waals surface area contributed by atoms with E-state index in [0.717, 1.165) is 4.47 Å². The lowest BCUT2D eigenvalue weighted by Gasteiger charge is -2.08. The molecule has 1 aromatic carbocycles. The van der Waals surface area contributed by atoms with Crippen LogP contribution in [0.3, 0.4) is 0 Å². The fraction of sp³-hybridized carbons (Fsp3) is 0.250. The normalized spacial score (nSPS) is 9.06. The highest BCUT2D eigenvalue weighted by Gasteiger charge is 2.05. The van der Waals surface area contributed by atoms with Gasteiger partial charge in [-0.05, 0) is 34.3 Å². The molecule has 0 radical (unpaired) electrons. The van der Waals surface area contributed by atoms with Crippen LogP contribution >= 0.6 is 15.9 Å². The Balaban J connectivity index is 3.13. The number of nitrogen functional groups attached to an aromatic ring is 1. The van der Waals surface area contributed by atoms with Crippen molar-refractivity contribution in [2.45, 2.75) is 13.1 Å². The number of hydrogen-bond acceptors (Lipinski definition) is 3. The molecule has 0 unspecified atom stereocenters. The monoisotopic (exact) mass is 281 g/mol. The molecule has 0 aliphatic heterocycles. The molecule has 0 fully saturated rings. The van der Waals surface area contributed by atoms with Crippen molar-refractivity contribution in [2.75, 3.05) is 5.73 Å². The number of azide groups is 2. The molecule has 0 aliphatic carbocycles. The highest BCUT2D eigenvalue weighted by Crippen LogP contribution is 2.25. The average Bonchev–Trinajstić information content (AvgIpc) is 2.28. The SMILES string of the molecule is [N-]=[N+]=NCc1cc(Br)cc(CN=[N+]=[N-])c1N. The van der Waals surface area contributed by atoms with Gasteiger partial charge in [0.1, 0.15) is 0 Å². The van der Waals surface area contributed by atoms with E-state index in [-0.39, 0.29) is 13.1 Å². The van der Waals surface area contributed by atoms with Crippen LogP contribution in [-0.4, -0.2) is 0 Å². The highest BCUT2D eigenvalue weighted by atomic mass is 79.9. The molecule has 82 valence electrons. The largest absolute Gasteiger partial charge is 0.398 e. The van der Waals surface area contributed by atoms with E-state index < -0.39 is 0 Å². The van der Waals surface area contributed by atoms with Crippen molar-refractivity contribution in [2.24, 2.45) is 10.2 Å². The molecule has 8 heteroatoms. The van der Waals surface area contributed by atoms with Crippen LogP contribution in [0.1, 0.15) is 11.1 Å². The second-order valence-electron chi connectivity index (χ2n) is 2.92. The van der Waals surface area contributed by atoms with Crippen LogP contribution in [0.2, 0.25) is 0 Å². The highest BCUT2D eigenvalue weighted by molar-refractivity contribution is 9.10. The summed E-state index contributed by atoms with van der Waals surface area (Å²) in [7, 11) is 0. The Morgan fingerprint density at radius 1 is 1.12 bits per heavy atom. The number of nitrogens with zero attached hydrogens (tertiary/aromatic N) is 6. The molecule has 16 heavy (non-hydrogen) atoms. The van der Waals surface area contributed by atoms with Crippen molar-refractivity contribution in [3.63, 3.8) is 0 Å². The summed E-state index contributed by atoms with van der Waals surface area (Å²) in [6, 6.07) is 3.53. The quantitative estimate of drug-likeness (QED) is 0.385. The third kappa shape index (κ3) is 3.06. The van der Waals surface area contributed by atoms with Crippen molar-refractivity contribution in [3.8, 4) is 0 Å². The maximum atomic E-state index is 8.24. The fourth-order valence-electron chi connectivity index (χ4n) is 1.21. The fourth-order valence-corrected chi connectivity index (χ4v) is 1.77. The first kappa shape index (κ1) is 12.2. The van der Waals surface area contributed by atoms with Crippen molar-refractivity contribution < 1.29 is 0 Å². The minimum absolute atomic E-state index is 0.172. The Bertz CT molecular complexity index is 444. The number of rotatable bonds is 4. The molecule has 0 heterocycles. The summed E-state index contributed by atoms with van der Waals surface area (Å²) in [4.78, 5) is 5.33. The van der Waals surface area contributed by atoms with E-state index in [0.29, 0.717) is 16.8 Å². The third-order valence-corrected chi connectivity index (χ3v) is 2.38. The van der Waals surface area contributed by atoms with Gasteiger partial charge in [0, 0.05) is 20.0 Å². The number of nitrogens with two attached hydrogens (primary N) is 1. The Morgan fingerprint density at radius 3 is 1.94 bits per heavy atom. The topological polar surface area (TPSA) is 124 Å². The van der Waals surface area contributed by atoms with Gasteiger partial charge in [-0.15, -0.1) is 0 Å². The van der Waals surface area contributed by atoms with Crippen LogP contribution in [0.25, 0.3) is 20.9 Å². The summed E-state index contributed by atoms with van der Waals surface area (Å²) in [5.41, 5.74) is 24.2. The maximum Gasteiger partial charge on any atom is 0.0531 e. The summed E-state index contributed by atoms with van der Waals surface area (Å²) < 4.78 is 0.799. The van der Waals surface area contributed by atoms with E-state index in [2.05, 4.69) is 36.0 Å². The molecule has 0 saturated heterocycles. The first-order valence-corrected chi connectivity index (χ1v) is 5.06. The van der Waals surface area contributed by atoms with Gasteiger partial charge in [0.25, 0.3) is 0 Å². The van der Waals surface area contributed by atoms with E-state index in [1.54, 1.807) is 12.1 Å². The van der Waals surface area contributed by atoms with Gasteiger partial charge in [-0.25, -0.2) is 0 Å². The Morgan fingerprint density at radius 2 is 1.56 bits per heavy atom. The molecule has 1 rings (SSSR count). The summed E-state index contributed by atoms with van der Waals surface area (Å²) >= 11 is 3.31. The summed E-state index contributed by atoms with van der Waals surface area (Å²) in [5.74, 6) is 0. The second kappa shape index (κ2) is 5.87. The smallest absolute Gasteiger partial charge is 0.0531 e. The van der Waals surface area contributed by atoms with E-state index in [1.807, 2.05) is 0 Å². The van der Waals surface area contributed by atoms with Gasteiger partial charge in [0.05, 0.1) is 13.1 Å². The molecule has 0 bridgehead atoms. The first-order valence-electron chi connectivity index (χ1n) is 4.27. The molecule has 7 nitrogen and oxygen atoms in total. The van der Waals surface area contributed by atoms with Crippen molar-refractivity contribution in [1.82, 2.24) is 0 Å². The Hall–Kier alpha value is -1.88. The number of hydrogen-bond donors (Lipinski definition) is 1. The second-order valence-corrected chi connectivity index (χ2v) is 3.83. The van der Waals surface area contributed by atoms with Crippen molar-refractivity contribution in [1.29, 1.82) is 0 Å². The average molecular weight is 282 g/mol. The summed E-state index contributed by atoms with van der Waals surface area (Å²) in [5, 5.41) is 6.88. The van der Waals surface area contributed by atoms with Crippen LogP contribution in [0, 0.1) is 0 Å². The predicted octanol–water partition coefficient (Wildman–Crippen LogP) is 3.65. The number of anilines is 1. The van der Waals surface area contributed by atoms with E-state index >= 15 is 0 Å². The lowest BCUT2D eigenvalue weighted by molar-refractivity contribution is 1.01. The molecule has 0 aliphatic rings. The van der Waals surface area contributed by atoms with Gasteiger partial charge < -0.3 is 5.73 Å². The Labute approximate surface area is 99.6 Å². The minimum atomic E-state index is 0.172. The molecule has 0 atom stereocenters. The zero-order valence-electron chi connectivity index (χ0n) is 8.21. The van der Waals surface area contributed by atoms with Crippen LogP contribution in [-0.2, 0) is 13.1 Å². The van der Waals surface area contributed by atoms with Gasteiger partial charge in [0.2, 0.25) is 0 Å². The maximum absolute atomic E-state index is 8.24. The first-order chi connectivity index (χ1) is 7.69. The lowest BCUT2D eigenvalue weighted by atomic mass is 10.1. The molecule has 0 saturated carbocycles. The molecule has 0 spiro atoms. The molecule has 1 aromatic rings. The van der Waals surface area contributed by atoms with E-state index in [9.17, 15) is 0 Å². The van der Waals surface area contributed by atoms with Crippen LogP contribution < -0.4 is 5.73 Å². The van der Waals surface area contributed by atoms with E-state index in [1.165, 1.54) is 0 Å². The third-order valence-electron chi connectivity index (χ3n) is 1.92. The van der Waals surface area contributed by atoms with E-state index in [4.69, 9.17) is 16.8 Å². The van der Waals surface area contributed by atoms with Gasteiger partial charge in [-0.2, -0.15) is 0 Å². The number of halogens is 1. The Kier molecular flexibility index (Phi) is 4.47. The molecular weight excluding hydrogens is 274 g/mol. The minimum Gasteiger partial charge on any atom is -0.398 e. The molecule has 2 N–H and O–H groups in total. The lowest BCUT2D eigenvalue weighted by Crippen LogP contribution is -1.99. The zero-order valence-corrected chi connectivity index (χ0v) is 9.79. The summed E-state index contributed by atoms with van der Waals surface area (Å²) in [6.45, 7) is 0.343. The van der Waals surface area contributed by atoms with Gasteiger partial charge in [-0.3, -0.25) is 0 Å². The van der Waals surface area contributed by atoms with Gasteiger partial charge >= 0.3 is 0 Å². The molecular formula is C8H8BrN7. The standard InChI is InChI=1S/C8H8BrN7/c9-7-1-5(3-13-15-11)8(10)6(2-7)4-14-16-12/h1-2H,3-4,10H2. The van der Waals surface area contributed by atoms with Crippen LogP contribution in [0.4, 0.5) is 5.69 Å². The van der Waals surface area contributed by atoms with Gasteiger partial charge in [0.15, 0.2) is 0 Å². The van der Waals surface area contributed by atoms with Gasteiger partial charge in [-0.1, -0.05) is 26.2 Å². The summed E-state index contributed by atoms with van der Waals surface area (Å²) in [6.07, 6.45) is 0. The predicted molar refractivity (Wildman–Crippen MR) is 64.3 cm³/mol. The molecule has 0 aromatic heterocycles. The van der Waals surface area contributed by atoms with Crippen LogP contribution in [0.5, 0.6) is 0 Å². The van der Waals surface area contributed by atoms with Crippen molar-refractivity contribution >= 4 is 21.6 Å². The van der Waals surface area contributed by atoms with Crippen molar-refractivity contribution in [3.05, 3.63) is 48.6 Å². The number of benzene rings is 1. The zero-order chi connectivity index (χ0) is 12.0. The van der Waals surface area contributed by atoms with Crippen LogP contribution in [0.15, 0.2) is 26.8 Å². The molecule has 0 amide bonds.